The van der Waals surface area contributed by atoms with Crippen LogP contribution in [0, 0.1) is 0 Å². The molecule has 0 saturated heterocycles. The van der Waals surface area contributed by atoms with E-state index in [1.54, 1.807) is 0 Å². The molecule has 0 aliphatic rings. The first-order valence-corrected chi connectivity index (χ1v) is 34.5. The zero-order valence-corrected chi connectivity index (χ0v) is 36.3. The predicted octanol–water partition coefficient (Wildman–Crippen LogP) is 7.73. The van der Waals surface area contributed by atoms with Crippen molar-refractivity contribution in [2.24, 2.45) is 0 Å². The second-order valence-corrected chi connectivity index (χ2v) is 35.0. The van der Waals surface area contributed by atoms with Gasteiger partial charge in [-0.05, 0) is 63.4 Å². The van der Waals surface area contributed by atoms with Crippen LogP contribution in [-0.4, -0.2) is 156 Å². The largest absolute Gasteiger partial charge is 0.0899 e. The average Bonchev–Trinajstić information content (AvgIpc) is 2.63. The Kier molecular flexibility index (Phi) is 56.4. The normalized spacial score (nSPS) is 10.6. The van der Waals surface area contributed by atoms with Crippen LogP contribution in [0.25, 0.3) is 0 Å². The van der Waals surface area contributed by atoms with Gasteiger partial charge in [0.1, 0.15) is 0 Å². The zero-order chi connectivity index (χ0) is 26.3. The van der Waals surface area contributed by atoms with E-state index in [4.69, 9.17) is 0 Å². The quantitative estimate of drug-likeness (QED) is 0.143. The van der Waals surface area contributed by atoms with E-state index < -0.39 is 0 Å². The van der Waals surface area contributed by atoms with Crippen molar-refractivity contribution in [3.8, 4) is 0 Å². The van der Waals surface area contributed by atoms with Gasteiger partial charge in [0.15, 0.2) is 0 Å². The van der Waals surface area contributed by atoms with Crippen molar-refractivity contribution in [2.75, 3.05) is 156 Å². The van der Waals surface area contributed by atoms with E-state index in [-0.39, 0.29) is 96.4 Å². The van der Waals surface area contributed by atoms with Crippen LogP contribution in [0.5, 0.6) is 0 Å². The van der Waals surface area contributed by atoms with Crippen LogP contribution in [0.3, 0.4) is 0 Å². The van der Waals surface area contributed by atoms with Crippen molar-refractivity contribution < 1.29 is 33.0 Å². The molecule has 0 atom stereocenters. The first kappa shape index (κ1) is 51.2. The fourth-order valence-corrected chi connectivity index (χ4v) is 18.0. The minimum absolute atomic E-state index is 0. The number of rotatable bonds is 12. The Morgan fingerprint density at radius 1 is 0.206 bits per heavy atom. The fraction of sp³-hybridized carbons (Fsp3) is 1.00. The summed E-state index contributed by atoms with van der Waals surface area (Å²) >= 11 is 0. The standard InChI is InChI=1S/4C6H16P2.2Ni/c4*1-7(2)5-6-8(3)4;;/h4*5-6H2,1-4H3;;/p+8. The second kappa shape index (κ2) is 37.4. The monoisotopic (exact) mass is 724 g/mol. The van der Waals surface area contributed by atoms with Gasteiger partial charge in [-0.2, -0.15) is 0 Å². The molecule has 0 radical (unpaired) electrons. The van der Waals surface area contributed by atoms with Crippen LogP contribution in [0.2, 0.25) is 0 Å². The summed E-state index contributed by atoms with van der Waals surface area (Å²) in [6.07, 6.45) is 12.3. The summed E-state index contributed by atoms with van der Waals surface area (Å²) in [7, 11) is 0.765. The molecule has 0 aromatic heterocycles. The summed E-state index contributed by atoms with van der Waals surface area (Å²) in [5, 5.41) is 0. The second-order valence-electron chi connectivity index (χ2n) is 11.7. The Bertz CT molecular complexity index is 245. The zero-order valence-electron chi connectivity index (χ0n) is 26.3. The SMILES string of the molecule is C[PH+](C)CC[PH+](C)C.C[PH+](C)CC[PH+](C)C.C[PH+](C)CC[PH+](C)C.C[PH+](C)CC[PH+](C)C.[Ni].[Ni]. The first-order chi connectivity index (χ1) is 14.5. The Morgan fingerprint density at radius 3 is 0.294 bits per heavy atom. The Morgan fingerprint density at radius 2 is 0.265 bits per heavy atom. The van der Waals surface area contributed by atoms with E-state index in [1.165, 1.54) is 49.3 Å². The molecule has 0 N–H and O–H groups in total. The molecule has 0 rings (SSSR count). The van der Waals surface area contributed by atoms with Gasteiger partial charge >= 0.3 is 0 Å². The van der Waals surface area contributed by atoms with Crippen LogP contribution < -0.4 is 0 Å². The van der Waals surface area contributed by atoms with Crippen molar-refractivity contribution in [3.63, 3.8) is 0 Å². The molecule has 220 valence electrons. The molecule has 0 saturated carbocycles. The number of hydrogen-bond acceptors (Lipinski definition) is 0. The summed E-state index contributed by atoms with van der Waals surface area (Å²) in [5.41, 5.74) is 0. The molecule has 0 aliphatic heterocycles. The van der Waals surface area contributed by atoms with E-state index in [0.29, 0.717) is 0 Å². The van der Waals surface area contributed by atoms with E-state index in [9.17, 15) is 0 Å². The van der Waals surface area contributed by atoms with E-state index in [2.05, 4.69) is 107 Å². The van der Waals surface area contributed by atoms with Crippen LogP contribution in [0.4, 0.5) is 0 Å². The summed E-state index contributed by atoms with van der Waals surface area (Å²) in [4.78, 5) is 0. The van der Waals surface area contributed by atoms with Gasteiger partial charge in [0.05, 0.1) is 49.3 Å². The maximum atomic E-state index is 2.40. The van der Waals surface area contributed by atoms with Gasteiger partial charge in [-0.25, -0.2) is 0 Å². The molecule has 0 bridgehead atoms. The van der Waals surface area contributed by atoms with Crippen molar-refractivity contribution in [1.82, 2.24) is 0 Å². The molecule has 0 aromatic carbocycles. The van der Waals surface area contributed by atoms with Crippen LogP contribution in [0.1, 0.15) is 0 Å². The third kappa shape index (κ3) is 76.6. The first-order valence-electron chi connectivity index (χ1n) is 12.8. The van der Waals surface area contributed by atoms with E-state index in [1.807, 2.05) is 0 Å². The maximum absolute atomic E-state index is 2.40. The summed E-state index contributed by atoms with van der Waals surface area (Å²) < 4.78 is 0. The van der Waals surface area contributed by atoms with Crippen molar-refractivity contribution in [3.05, 3.63) is 0 Å². The van der Waals surface area contributed by atoms with Gasteiger partial charge in [-0.1, -0.05) is 0 Å². The van der Waals surface area contributed by atoms with Gasteiger partial charge in [-0.15, -0.1) is 0 Å². The molecule has 0 unspecified atom stereocenters. The molecule has 0 heterocycles. The molecule has 0 spiro atoms. The third-order valence-corrected chi connectivity index (χ3v) is 16.5. The van der Waals surface area contributed by atoms with Gasteiger partial charge < -0.3 is 0 Å². The smallest absolute Gasteiger partial charge is 0.00165 e. The van der Waals surface area contributed by atoms with Crippen molar-refractivity contribution in [2.45, 2.75) is 0 Å². The molecule has 34 heavy (non-hydrogen) atoms. The molecular formula is C24H72Ni2P8+8. The van der Waals surface area contributed by atoms with Gasteiger partial charge in [0.2, 0.25) is 0 Å². The molecule has 0 amide bonds. The third-order valence-electron chi connectivity index (χ3n) is 4.50. The fourth-order valence-electron chi connectivity index (χ4n) is 2.00. The minimum atomic E-state index is 0. The van der Waals surface area contributed by atoms with Crippen LogP contribution in [-0.2, 0) is 33.0 Å². The van der Waals surface area contributed by atoms with E-state index in [0.717, 1.165) is 0 Å². The minimum Gasteiger partial charge on any atom is -0.00165 e. The van der Waals surface area contributed by atoms with Gasteiger partial charge in [0, 0.05) is 140 Å². The summed E-state index contributed by atoms with van der Waals surface area (Å²) in [6, 6.07) is 0. The average molecular weight is 726 g/mol. The van der Waals surface area contributed by atoms with Crippen molar-refractivity contribution >= 4 is 63.4 Å². The van der Waals surface area contributed by atoms with Crippen LogP contribution >= 0.6 is 63.4 Å². The molecule has 0 nitrogen and oxygen atoms in total. The summed E-state index contributed by atoms with van der Waals surface area (Å²) in [6.45, 7) is 38.4. The Labute approximate surface area is 250 Å². The molecular weight excluding hydrogens is 653 g/mol. The van der Waals surface area contributed by atoms with Gasteiger partial charge in [-0.3, -0.25) is 0 Å². The molecule has 0 fully saturated rings. The predicted molar refractivity (Wildman–Crippen MR) is 200 cm³/mol. The summed E-state index contributed by atoms with van der Waals surface area (Å²) in [5.74, 6) is 0. The number of hydrogen-bond donors (Lipinski definition) is 0. The topological polar surface area (TPSA) is 0 Å². The van der Waals surface area contributed by atoms with Crippen LogP contribution in [0.15, 0.2) is 0 Å². The Hall–Kier alpha value is 4.43. The molecule has 0 aromatic rings. The van der Waals surface area contributed by atoms with E-state index >= 15 is 0 Å². The Balaban J connectivity index is -0.0000000754. The van der Waals surface area contributed by atoms with Crippen molar-refractivity contribution in [1.29, 1.82) is 0 Å². The van der Waals surface area contributed by atoms with Gasteiger partial charge in [0.25, 0.3) is 0 Å². The molecule has 10 heteroatoms. The molecule has 0 aliphatic carbocycles. The maximum Gasteiger partial charge on any atom is 0.0899 e.